The monoisotopic (exact) mass is 282 g/mol. The smallest absolute Gasteiger partial charge is 0.218 e. The summed E-state index contributed by atoms with van der Waals surface area (Å²) in [5.74, 6) is 0.743. The summed E-state index contributed by atoms with van der Waals surface area (Å²) in [6.45, 7) is 8.18. The number of nitrogens with zero attached hydrogens (tertiary/aromatic N) is 1. The second kappa shape index (κ2) is 5.49. The van der Waals surface area contributed by atoms with Gasteiger partial charge in [0.15, 0.2) is 0 Å². The van der Waals surface area contributed by atoms with E-state index in [0.29, 0.717) is 6.61 Å². The average molecular weight is 282 g/mol. The normalized spacial score (nSPS) is 18.5. The summed E-state index contributed by atoms with van der Waals surface area (Å²) in [5.41, 5.74) is 3.89. The molecule has 1 aliphatic rings. The van der Waals surface area contributed by atoms with Crippen LogP contribution in [-0.4, -0.2) is 18.1 Å². The predicted molar refractivity (Wildman–Crippen MR) is 84.7 cm³/mol. The first kappa shape index (κ1) is 14.1. The number of aromatic nitrogens is 1. The summed E-state index contributed by atoms with van der Waals surface area (Å²) in [6.07, 6.45) is 1.78. The predicted octanol–water partition coefficient (Wildman–Crippen LogP) is 3.45. The van der Waals surface area contributed by atoms with Gasteiger partial charge >= 0.3 is 0 Å². The Morgan fingerprint density at radius 2 is 1.90 bits per heavy atom. The molecule has 3 heteroatoms. The van der Waals surface area contributed by atoms with Crippen LogP contribution < -0.4 is 10.1 Å². The van der Waals surface area contributed by atoms with Crippen LogP contribution in [0, 0.1) is 0 Å². The topological polar surface area (TPSA) is 34.1 Å². The molecule has 1 aromatic heterocycles. The van der Waals surface area contributed by atoms with Crippen LogP contribution in [0.4, 0.5) is 0 Å². The maximum absolute atomic E-state index is 5.70. The van der Waals surface area contributed by atoms with Crippen molar-refractivity contribution in [1.82, 2.24) is 10.3 Å². The highest BCUT2D eigenvalue weighted by molar-refractivity contribution is 5.39. The molecule has 3 nitrogen and oxygen atoms in total. The fourth-order valence-corrected chi connectivity index (χ4v) is 2.68. The third-order valence-electron chi connectivity index (χ3n) is 3.91. The van der Waals surface area contributed by atoms with E-state index in [-0.39, 0.29) is 11.5 Å². The molecular weight excluding hydrogens is 260 g/mol. The summed E-state index contributed by atoms with van der Waals surface area (Å²) in [6, 6.07) is 13.1. The Balaban J connectivity index is 1.96. The molecule has 0 saturated heterocycles. The molecule has 0 spiro atoms. The zero-order valence-corrected chi connectivity index (χ0v) is 12.9. The molecule has 0 bridgehead atoms. The van der Waals surface area contributed by atoms with Gasteiger partial charge in [-0.3, -0.25) is 0 Å². The highest BCUT2D eigenvalue weighted by Crippen LogP contribution is 2.31. The molecule has 110 valence electrons. The molecule has 1 aliphatic heterocycles. The molecule has 2 aromatic rings. The Morgan fingerprint density at radius 3 is 2.62 bits per heavy atom. The number of fused-ring (bicyclic) bond motifs is 1. The van der Waals surface area contributed by atoms with E-state index in [0.717, 1.165) is 18.0 Å². The third kappa shape index (κ3) is 2.93. The first-order chi connectivity index (χ1) is 10.1. The van der Waals surface area contributed by atoms with Gasteiger partial charge < -0.3 is 10.1 Å². The Hall–Kier alpha value is -1.87. The van der Waals surface area contributed by atoms with Gasteiger partial charge in [-0.25, -0.2) is 4.98 Å². The molecule has 1 unspecified atom stereocenters. The fourth-order valence-electron chi connectivity index (χ4n) is 2.68. The molecule has 0 amide bonds. The minimum atomic E-state index is 0.144. The summed E-state index contributed by atoms with van der Waals surface area (Å²) in [5, 5.41) is 3.55. The van der Waals surface area contributed by atoms with Gasteiger partial charge in [-0.15, -0.1) is 0 Å². The van der Waals surface area contributed by atoms with Crippen LogP contribution >= 0.6 is 0 Å². The van der Waals surface area contributed by atoms with E-state index in [4.69, 9.17) is 4.74 Å². The molecule has 0 saturated carbocycles. The van der Waals surface area contributed by atoms with E-state index in [1.54, 1.807) is 6.20 Å². The number of hydrogen-bond acceptors (Lipinski definition) is 3. The Labute approximate surface area is 126 Å². The molecule has 0 radical (unpaired) electrons. The van der Waals surface area contributed by atoms with Gasteiger partial charge in [0, 0.05) is 18.3 Å². The van der Waals surface area contributed by atoms with Crippen molar-refractivity contribution < 1.29 is 4.74 Å². The lowest BCUT2D eigenvalue weighted by Crippen LogP contribution is -2.24. The van der Waals surface area contributed by atoms with Gasteiger partial charge in [0.25, 0.3) is 0 Å². The van der Waals surface area contributed by atoms with Crippen molar-refractivity contribution in [3.63, 3.8) is 0 Å². The van der Waals surface area contributed by atoms with Gasteiger partial charge in [-0.1, -0.05) is 51.1 Å². The highest BCUT2D eigenvalue weighted by atomic mass is 16.5. The van der Waals surface area contributed by atoms with Crippen LogP contribution in [-0.2, 0) is 5.41 Å². The van der Waals surface area contributed by atoms with Crippen molar-refractivity contribution in [1.29, 1.82) is 0 Å². The first-order valence-electron chi connectivity index (χ1n) is 7.47. The average Bonchev–Trinajstić information content (AvgIpc) is 2.69. The summed E-state index contributed by atoms with van der Waals surface area (Å²) in [4.78, 5) is 4.35. The number of benzene rings is 1. The molecule has 0 aliphatic carbocycles. The summed E-state index contributed by atoms with van der Waals surface area (Å²) < 4.78 is 5.70. The van der Waals surface area contributed by atoms with Crippen LogP contribution in [0.5, 0.6) is 5.88 Å². The highest BCUT2D eigenvalue weighted by Gasteiger charge is 2.22. The minimum absolute atomic E-state index is 0.144. The third-order valence-corrected chi connectivity index (χ3v) is 3.91. The molecule has 2 heterocycles. The number of pyridine rings is 1. The Morgan fingerprint density at radius 1 is 1.14 bits per heavy atom. The number of hydrogen-bond donors (Lipinski definition) is 1. The van der Waals surface area contributed by atoms with E-state index in [2.05, 4.69) is 61.4 Å². The number of ether oxygens (including phenoxy) is 1. The molecule has 0 fully saturated rings. The molecule has 1 atom stereocenters. The first-order valence-corrected chi connectivity index (χ1v) is 7.47. The van der Waals surface area contributed by atoms with E-state index < -0.39 is 0 Å². The van der Waals surface area contributed by atoms with Crippen LogP contribution in [0.1, 0.15) is 43.5 Å². The molecule has 1 aromatic carbocycles. The molecular formula is C18H22N2O. The van der Waals surface area contributed by atoms with Crippen molar-refractivity contribution in [2.24, 2.45) is 0 Å². The van der Waals surface area contributed by atoms with Crippen LogP contribution in [0.3, 0.4) is 0 Å². The van der Waals surface area contributed by atoms with Gasteiger partial charge in [0.1, 0.15) is 6.61 Å². The van der Waals surface area contributed by atoms with Crippen LogP contribution in [0.2, 0.25) is 0 Å². The quantitative estimate of drug-likeness (QED) is 0.870. The van der Waals surface area contributed by atoms with E-state index >= 15 is 0 Å². The van der Waals surface area contributed by atoms with Crippen molar-refractivity contribution in [2.45, 2.75) is 32.2 Å². The van der Waals surface area contributed by atoms with Gasteiger partial charge in [0.05, 0.1) is 6.04 Å². The van der Waals surface area contributed by atoms with E-state index in [1.165, 1.54) is 11.1 Å². The second-order valence-electron chi connectivity index (χ2n) is 6.51. The Kier molecular flexibility index (Phi) is 3.68. The lowest BCUT2D eigenvalue weighted by molar-refractivity contribution is 0.313. The zero-order chi connectivity index (χ0) is 14.9. The lowest BCUT2D eigenvalue weighted by Gasteiger charge is -2.22. The van der Waals surface area contributed by atoms with Crippen molar-refractivity contribution in [2.75, 3.05) is 13.2 Å². The van der Waals surface area contributed by atoms with E-state index in [1.807, 2.05) is 6.07 Å². The number of rotatable bonds is 1. The largest absolute Gasteiger partial charge is 0.476 e. The van der Waals surface area contributed by atoms with Crippen LogP contribution in [0.15, 0.2) is 42.6 Å². The summed E-state index contributed by atoms with van der Waals surface area (Å²) >= 11 is 0. The zero-order valence-electron chi connectivity index (χ0n) is 12.9. The van der Waals surface area contributed by atoms with E-state index in [9.17, 15) is 0 Å². The van der Waals surface area contributed by atoms with Crippen molar-refractivity contribution in [3.05, 3.63) is 59.3 Å². The maximum Gasteiger partial charge on any atom is 0.218 e. The molecule has 1 N–H and O–H groups in total. The second-order valence-corrected chi connectivity index (χ2v) is 6.51. The van der Waals surface area contributed by atoms with Crippen molar-refractivity contribution in [3.8, 4) is 5.88 Å². The van der Waals surface area contributed by atoms with Gasteiger partial charge in [0.2, 0.25) is 5.88 Å². The Bertz CT molecular complexity index is 614. The summed E-state index contributed by atoms with van der Waals surface area (Å²) in [7, 11) is 0. The SMILES string of the molecule is CC(C)(C)c1ccc(C2NCCOc3ncccc32)cc1. The van der Waals surface area contributed by atoms with Crippen molar-refractivity contribution >= 4 is 0 Å². The van der Waals surface area contributed by atoms with Gasteiger partial charge in [-0.2, -0.15) is 0 Å². The standard InChI is InChI=1S/C18H22N2O/c1-18(2,3)14-8-6-13(7-9-14)16-15-5-4-10-20-17(15)21-12-11-19-16/h4-10,16,19H,11-12H2,1-3H3. The lowest BCUT2D eigenvalue weighted by atomic mass is 9.86. The maximum atomic E-state index is 5.70. The molecule has 21 heavy (non-hydrogen) atoms. The number of nitrogens with one attached hydrogen (secondary N) is 1. The molecule has 3 rings (SSSR count). The van der Waals surface area contributed by atoms with Gasteiger partial charge in [-0.05, 0) is 22.6 Å². The minimum Gasteiger partial charge on any atom is -0.476 e. The van der Waals surface area contributed by atoms with Crippen LogP contribution in [0.25, 0.3) is 0 Å². The fraction of sp³-hybridized carbons (Fsp3) is 0.389.